The van der Waals surface area contributed by atoms with Crippen molar-refractivity contribution in [1.29, 1.82) is 0 Å². The summed E-state index contributed by atoms with van der Waals surface area (Å²) in [7, 11) is 0. The maximum Gasteiger partial charge on any atom is 0.410 e. The summed E-state index contributed by atoms with van der Waals surface area (Å²) in [5, 5.41) is 0. The minimum atomic E-state index is -0.207. The van der Waals surface area contributed by atoms with E-state index in [0.29, 0.717) is 25.0 Å². The molecule has 0 spiro atoms. The van der Waals surface area contributed by atoms with Crippen LogP contribution in [0.5, 0.6) is 0 Å². The van der Waals surface area contributed by atoms with Gasteiger partial charge < -0.3 is 14.4 Å². The maximum atomic E-state index is 12.7. The summed E-state index contributed by atoms with van der Waals surface area (Å²) in [5.41, 5.74) is 2.66. The monoisotopic (exact) mass is 501 g/mol. The molecule has 1 aliphatic carbocycles. The Morgan fingerprint density at radius 1 is 1.06 bits per heavy atom. The molecule has 1 amide bonds. The molecule has 0 radical (unpaired) electrons. The third-order valence-corrected chi connectivity index (χ3v) is 7.77. The molecule has 1 aromatic rings. The van der Waals surface area contributed by atoms with Crippen molar-refractivity contribution in [3.8, 4) is 0 Å². The number of piperidine rings is 1. The maximum absolute atomic E-state index is 12.7. The number of hydrogen-bond acceptors (Lipinski definition) is 6. The van der Waals surface area contributed by atoms with Gasteiger partial charge in [-0.2, -0.15) is 0 Å². The van der Waals surface area contributed by atoms with Crippen LogP contribution in [-0.2, 0) is 14.3 Å². The number of likely N-dealkylation sites (tertiary alicyclic amines) is 1. The van der Waals surface area contributed by atoms with E-state index in [9.17, 15) is 9.59 Å². The lowest BCUT2D eigenvalue weighted by molar-refractivity contribution is -0.139. The fourth-order valence-corrected chi connectivity index (χ4v) is 5.40. The molecule has 3 fully saturated rings. The van der Waals surface area contributed by atoms with Crippen LogP contribution >= 0.6 is 0 Å². The van der Waals surface area contributed by atoms with E-state index in [1.165, 1.54) is 30.5 Å². The van der Waals surface area contributed by atoms with Gasteiger partial charge in [0.05, 0.1) is 0 Å². The number of nitrogens with zero attached hydrogens (tertiary/aromatic N) is 3. The first-order chi connectivity index (χ1) is 17.3. The van der Waals surface area contributed by atoms with Crippen LogP contribution in [0.25, 0.3) is 0 Å². The fraction of sp³-hybridized carbons (Fsp3) is 0.724. The average Bonchev–Trinajstić information content (AvgIpc) is 3.67. The number of rotatable bonds is 8. The summed E-state index contributed by atoms with van der Waals surface area (Å²) in [4.78, 5) is 30.0. The first-order valence-electron chi connectivity index (χ1n) is 13.8. The molecule has 3 aliphatic rings. The molecule has 2 saturated heterocycles. The Balaban J connectivity index is 0.000000383. The SMILES string of the molecule is CC(C)C1CCC[C@@H](COC(=O)N2CCN(CC3CC3)CC2C)N1COC=O.Cc1ccc(C)cc1. The van der Waals surface area contributed by atoms with Gasteiger partial charge in [-0.3, -0.25) is 14.6 Å². The van der Waals surface area contributed by atoms with Crippen LogP contribution < -0.4 is 0 Å². The molecule has 2 aliphatic heterocycles. The summed E-state index contributed by atoms with van der Waals surface area (Å²) in [6.07, 6.45) is 5.67. The van der Waals surface area contributed by atoms with Gasteiger partial charge in [-0.15, -0.1) is 0 Å². The first kappa shape index (κ1) is 28.5. The lowest BCUT2D eigenvalue weighted by Crippen LogP contribution is -2.55. The molecule has 0 aromatic heterocycles. The zero-order valence-electron chi connectivity index (χ0n) is 23.0. The molecule has 3 atom stereocenters. The number of carbonyl (C=O) groups excluding carboxylic acids is 2. The molecule has 202 valence electrons. The fourth-order valence-electron chi connectivity index (χ4n) is 5.40. The molecule has 2 heterocycles. The lowest BCUT2D eigenvalue weighted by atomic mass is 9.89. The molecule has 7 heteroatoms. The Morgan fingerprint density at radius 2 is 1.72 bits per heavy atom. The van der Waals surface area contributed by atoms with Crippen LogP contribution in [0.3, 0.4) is 0 Å². The number of benzene rings is 1. The molecular weight excluding hydrogens is 454 g/mol. The number of piperazine rings is 1. The van der Waals surface area contributed by atoms with E-state index >= 15 is 0 Å². The second-order valence-corrected chi connectivity index (χ2v) is 11.3. The van der Waals surface area contributed by atoms with Crippen molar-refractivity contribution in [2.24, 2.45) is 11.8 Å². The van der Waals surface area contributed by atoms with Crippen molar-refractivity contribution in [3.63, 3.8) is 0 Å². The predicted octanol–water partition coefficient (Wildman–Crippen LogP) is 4.85. The summed E-state index contributed by atoms with van der Waals surface area (Å²) in [6, 6.07) is 9.12. The van der Waals surface area contributed by atoms with Crippen molar-refractivity contribution >= 4 is 12.6 Å². The second-order valence-electron chi connectivity index (χ2n) is 11.3. The minimum Gasteiger partial charge on any atom is -0.452 e. The van der Waals surface area contributed by atoms with E-state index in [1.54, 1.807) is 0 Å². The van der Waals surface area contributed by atoms with E-state index in [0.717, 1.165) is 44.8 Å². The van der Waals surface area contributed by atoms with Crippen molar-refractivity contribution < 1.29 is 19.1 Å². The molecule has 1 aromatic carbocycles. The molecule has 0 N–H and O–H groups in total. The minimum absolute atomic E-state index is 0.108. The Labute approximate surface area is 218 Å². The van der Waals surface area contributed by atoms with Gasteiger partial charge in [0.2, 0.25) is 0 Å². The smallest absolute Gasteiger partial charge is 0.410 e. The van der Waals surface area contributed by atoms with Crippen LogP contribution in [-0.4, -0.2) is 84.9 Å². The summed E-state index contributed by atoms with van der Waals surface area (Å²) < 4.78 is 10.8. The standard InChI is InChI=1S/C21H37N3O4.C8H10/c1-16(2)20-6-4-5-19(24(20)14-27-15-25)13-28-21(26)23-10-9-22(11-17(23)3)12-18-7-8-18;1-7-3-5-8(2)6-4-7/h15-20H,4-14H2,1-3H3;3-6H,1-2H3/t17?,19-,20?;/m0./s1. The van der Waals surface area contributed by atoms with Gasteiger partial charge in [0, 0.05) is 44.3 Å². The Bertz CT molecular complexity index is 790. The van der Waals surface area contributed by atoms with E-state index in [1.807, 2.05) is 4.90 Å². The Kier molecular flexibility index (Phi) is 11.1. The van der Waals surface area contributed by atoms with Crippen LogP contribution in [0.15, 0.2) is 24.3 Å². The summed E-state index contributed by atoms with van der Waals surface area (Å²) in [5.74, 6) is 1.35. The van der Waals surface area contributed by atoms with Gasteiger partial charge in [-0.1, -0.05) is 55.7 Å². The summed E-state index contributed by atoms with van der Waals surface area (Å²) >= 11 is 0. The topological polar surface area (TPSA) is 62.3 Å². The first-order valence-corrected chi connectivity index (χ1v) is 13.8. The lowest BCUT2D eigenvalue weighted by Gasteiger charge is -2.43. The second kappa shape index (κ2) is 14.0. The molecule has 0 bridgehead atoms. The number of amides is 1. The highest BCUT2D eigenvalue weighted by Gasteiger charge is 2.35. The molecule has 1 saturated carbocycles. The highest BCUT2D eigenvalue weighted by atomic mass is 16.6. The largest absolute Gasteiger partial charge is 0.452 e. The van der Waals surface area contributed by atoms with Crippen LogP contribution in [0.2, 0.25) is 0 Å². The molecular formula is C29H47N3O4. The molecule has 36 heavy (non-hydrogen) atoms. The predicted molar refractivity (Wildman–Crippen MR) is 143 cm³/mol. The number of aryl methyl sites for hydroxylation is 2. The van der Waals surface area contributed by atoms with Crippen LogP contribution in [0.1, 0.15) is 64.0 Å². The number of carbonyl (C=O) groups is 2. The van der Waals surface area contributed by atoms with Gasteiger partial charge >= 0.3 is 6.09 Å². The van der Waals surface area contributed by atoms with Gasteiger partial charge in [-0.25, -0.2) is 4.79 Å². The van der Waals surface area contributed by atoms with Crippen LogP contribution in [0, 0.1) is 25.7 Å². The van der Waals surface area contributed by atoms with Crippen molar-refractivity contribution in [2.75, 3.05) is 39.5 Å². The Morgan fingerprint density at radius 3 is 2.28 bits per heavy atom. The quantitative estimate of drug-likeness (QED) is 0.475. The highest BCUT2D eigenvalue weighted by molar-refractivity contribution is 5.68. The van der Waals surface area contributed by atoms with Gasteiger partial charge in [0.1, 0.15) is 13.3 Å². The molecule has 4 rings (SSSR count). The third kappa shape index (κ3) is 8.77. The number of ether oxygens (including phenoxy) is 2. The normalized spacial score (nSPS) is 25.2. The van der Waals surface area contributed by atoms with Gasteiger partial charge in [0.25, 0.3) is 6.47 Å². The summed E-state index contributed by atoms with van der Waals surface area (Å²) in [6.45, 7) is 15.6. The van der Waals surface area contributed by atoms with E-state index in [2.05, 4.69) is 68.7 Å². The zero-order chi connectivity index (χ0) is 26.1. The van der Waals surface area contributed by atoms with Crippen molar-refractivity contribution in [2.45, 2.75) is 84.8 Å². The van der Waals surface area contributed by atoms with Gasteiger partial charge in [0.15, 0.2) is 0 Å². The zero-order valence-corrected chi connectivity index (χ0v) is 23.0. The van der Waals surface area contributed by atoms with Crippen molar-refractivity contribution in [3.05, 3.63) is 35.4 Å². The molecule has 7 nitrogen and oxygen atoms in total. The molecule has 2 unspecified atom stereocenters. The average molecular weight is 502 g/mol. The van der Waals surface area contributed by atoms with E-state index < -0.39 is 0 Å². The van der Waals surface area contributed by atoms with Gasteiger partial charge in [-0.05, 0) is 58.3 Å². The van der Waals surface area contributed by atoms with E-state index in [4.69, 9.17) is 9.47 Å². The number of hydrogen-bond donors (Lipinski definition) is 0. The van der Waals surface area contributed by atoms with Crippen LogP contribution in [0.4, 0.5) is 4.79 Å². The highest BCUT2D eigenvalue weighted by Crippen LogP contribution is 2.31. The Hall–Kier alpha value is -2.12. The van der Waals surface area contributed by atoms with Crippen molar-refractivity contribution in [1.82, 2.24) is 14.7 Å². The van der Waals surface area contributed by atoms with E-state index in [-0.39, 0.29) is 24.9 Å². The third-order valence-electron chi connectivity index (χ3n) is 7.77.